The molecule has 1 fully saturated rings. The fourth-order valence-corrected chi connectivity index (χ4v) is 3.43. The number of hydrogen-bond acceptors (Lipinski definition) is 2. The Morgan fingerprint density at radius 2 is 1.81 bits per heavy atom. The van der Waals surface area contributed by atoms with E-state index in [0.29, 0.717) is 23.7 Å². The maximum absolute atomic E-state index is 12.7. The van der Waals surface area contributed by atoms with Gasteiger partial charge in [0.2, 0.25) is 5.91 Å². The molecule has 0 aliphatic carbocycles. The van der Waals surface area contributed by atoms with E-state index in [1.165, 1.54) is 0 Å². The molecule has 0 spiro atoms. The highest BCUT2D eigenvalue weighted by Crippen LogP contribution is 2.21. The van der Waals surface area contributed by atoms with Crippen LogP contribution < -0.4 is 5.32 Å². The Hall–Kier alpha value is -2.33. The van der Waals surface area contributed by atoms with Crippen LogP contribution in [0.15, 0.2) is 54.6 Å². The summed E-state index contributed by atoms with van der Waals surface area (Å²) in [5.74, 6) is -0.212. The maximum atomic E-state index is 12.7. The number of halogens is 1. The van der Waals surface area contributed by atoms with E-state index in [1.807, 2.05) is 37.3 Å². The Morgan fingerprint density at radius 3 is 2.50 bits per heavy atom. The van der Waals surface area contributed by atoms with E-state index in [1.54, 1.807) is 29.2 Å². The van der Waals surface area contributed by atoms with Crippen molar-refractivity contribution in [3.63, 3.8) is 0 Å². The van der Waals surface area contributed by atoms with Crippen LogP contribution in [0.25, 0.3) is 0 Å². The average molecular weight is 371 g/mol. The van der Waals surface area contributed by atoms with Crippen LogP contribution in [-0.2, 0) is 4.79 Å². The van der Waals surface area contributed by atoms with E-state index in [4.69, 9.17) is 11.6 Å². The summed E-state index contributed by atoms with van der Waals surface area (Å²) in [5.41, 5.74) is 1.68. The van der Waals surface area contributed by atoms with Gasteiger partial charge in [0, 0.05) is 23.7 Å². The van der Waals surface area contributed by atoms with Crippen LogP contribution in [0.3, 0.4) is 0 Å². The molecule has 0 radical (unpaired) electrons. The highest BCUT2D eigenvalue weighted by molar-refractivity contribution is 6.30. The summed E-state index contributed by atoms with van der Waals surface area (Å²) in [7, 11) is 0. The molecule has 0 aromatic heterocycles. The fraction of sp³-hybridized carbons (Fsp3) is 0.333. The Bertz CT molecular complexity index is 761. The summed E-state index contributed by atoms with van der Waals surface area (Å²) in [6.45, 7) is 3.11. The van der Waals surface area contributed by atoms with E-state index in [-0.39, 0.29) is 23.8 Å². The molecule has 1 heterocycles. The van der Waals surface area contributed by atoms with Gasteiger partial charge < -0.3 is 10.2 Å². The molecule has 2 amide bonds. The van der Waals surface area contributed by atoms with Gasteiger partial charge >= 0.3 is 0 Å². The van der Waals surface area contributed by atoms with E-state index in [2.05, 4.69) is 5.32 Å². The second-order valence-electron chi connectivity index (χ2n) is 6.74. The van der Waals surface area contributed by atoms with E-state index < -0.39 is 0 Å². The number of nitrogens with zero attached hydrogens (tertiary/aromatic N) is 1. The SMILES string of the molecule is C[C@H](NC(=O)[C@H]1CCCN(C(=O)c2ccc(Cl)cc2)C1)c1ccccc1. The third-order valence-electron chi connectivity index (χ3n) is 4.83. The number of benzene rings is 2. The topological polar surface area (TPSA) is 49.4 Å². The van der Waals surface area contributed by atoms with Crippen LogP contribution in [0, 0.1) is 5.92 Å². The summed E-state index contributed by atoms with van der Waals surface area (Å²) in [4.78, 5) is 27.1. The van der Waals surface area contributed by atoms with E-state index >= 15 is 0 Å². The first-order chi connectivity index (χ1) is 12.5. The van der Waals surface area contributed by atoms with Crippen LogP contribution in [0.4, 0.5) is 0 Å². The van der Waals surface area contributed by atoms with Gasteiger partial charge in [-0.15, -0.1) is 0 Å². The van der Waals surface area contributed by atoms with Crippen LogP contribution in [-0.4, -0.2) is 29.8 Å². The first-order valence-electron chi connectivity index (χ1n) is 8.95. The molecule has 4 nitrogen and oxygen atoms in total. The Balaban J connectivity index is 1.61. The van der Waals surface area contributed by atoms with E-state index in [9.17, 15) is 9.59 Å². The minimum absolute atomic E-state index is 0.00922. The number of likely N-dealkylation sites (tertiary alicyclic amines) is 1. The maximum Gasteiger partial charge on any atom is 0.253 e. The molecule has 0 unspecified atom stereocenters. The lowest BCUT2D eigenvalue weighted by Crippen LogP contribution is -2.45. The number of piperidine rings is 1. The van der Waals surface area contributed by atoms with Gasteiger partial charge in [-0.25, -0.2) is 0 Å². The van der Waals surface area contributed by atoms with Crippen molar-refractivity contribution in [1.29, 1.82) is 0 Å². The molecule has 2 aromatic rings. The number of carbonyl (C=O) groups excluding carboxylic acids is 2. The zero-order valence-corrected chi connectivity index (χ0v) is 15.6. The molecule has 1 N–H and O–H groups in total. The third kappa shape index (κ3) is 4.44. The number of amides is 2. The number of rotatable bonds is 4. The van der Waals surface area contributed by atoms with Crippen LogP contribution in [0.2, 0.25) is 5.02 Å². The van der Waals surface area contributed by atoms with Crippen molar-refractivity contribution in [2.75, 3.05) is 13.1 Å². The summed E-state index contributed by atoms with van der Waals surface area (Å²) >= 11 is 5.89. The van der Waals surface area contributed by atoms with Gasteiger partial charge in [0.15, 0.2) is 0 Å². The van der Waals surface area contributed by atoms with Gasteiger partial charge in [-0.2, -0.15) is 0 Å². The minimum Gasteiger partial charge on any atom is -0.349 e. The van der Waals surface area contributed by atoms with Crippen LogP contribution in [0.1, 0.15) is 41.7 Å². The zero-order valence-electron chi connectivity index (χ0n) is 14.8. The molecular weight excluding hydrogens is 348 g/mol. The molecule has 2 atom stereocenters. The molecule has 3 rings (SSSR count). The smallest absolute Gasteiger partial charge is 0.253 e. The standard InChI is InChI=1S/C21H23ClN2O2/c1-15(16-6-3-2-4-7-16)23-20(25)18-8-5-13-24(14-18)21(26)17-9-11-19(22)12-10-17/h2-4,6-7,9-12,15,18H,5,8,13-14H2,1H3,(H,23,25)/t15-,18-/m0/s1. The van der Waals surface area contributed by atoms with Crippen molar-refractivity contribution in [3.8, 4) is 0 Å². The lowest BCUT2D eigenvalue weighted by molar-refractivity contribution is -0.127. The molecule has 1 aliphatic rings. The number of carbonyl (C=O) groups is 2. The molecule has 5 heteroatoms. The van der Waals surface area contributed by atoms with Gasteiger partial charge in [-0.05, 0) is 49.6 Å². The Kier molecular flexibility index (Phi) is 5.94. The van der Waals surface area contributed by atoms with Crippen molar-refractivity contribution in [3.05, 3.63) is 70.7 Å². The first kappa shape index (κ1) is 18.5. The van der Waals surface area contributed by atoms with Crippen molar-refractivity contribution in [2.24, 2.45) is 5.92 Å². The lowest BCUT2D eigenvalue weighted by atomic mass is 9.95. The molecule has 1 saturated heterocycles. The largest absolute Gasteiger partial charge is 0.349 e. The zero-order chi connectivity index (χ0) is 18.5. The molecule has 0 bridgehead atoms. The highest BCUT2D eigenvalue weighted by Gasteiger charge is 2.29. The summed E-state index contributed by atoms with van der Waals surface area (Å²) in [6.07, 6.45) is 1.63. The van der Waals surface area contributed by atoms with Crippen LogP contribution >= 0.6 is 11.6 Å². The summed E-state index contributed by atoms with van der Waals surface area (Å²) in [5, 5.41) is 3.68. The molecular formula is C21H23ClN2O2. The average Bonchev–Trinajstić information content (AvgIpc) is 2.68. The molecule has 0 saturated carbocycles. The second-order valence-corrected chi connectivity index (χ2v) is 7.17. The monoisotopic (exact) mass is 370 g/mol. The molecule has 26 heavy (non-hydrogen) atoms. The summed E-state index contributed by atoms with van der Waals surface area (Å²) in [6, 6.07) is 16.7. The highest BCUT2D eigenvalue weighted by atomic mass is 35.5. The van der Waals surface area contributed by atoms with Crippen LogP contribution in [0.5, 0.6) is 0 Å². The summed E-state index contributed by atoms with van der Waals surface area (Å²) < 4.78 is 0. The quantitative estimate of drug-likeness (QED) is 0.881. The molecule has 1 aliphatic heterocycles. The Morgan fingerprint density at radius 1 is 1.12 bits per heavy atom. The predicted octanol–water partition coefficient (Wildman–Crippen LogP) is 4.07. The van der Waals surface area contributed by atoms with E-state index in [0.717, 1.165) is 18.4 Å². The normalized spacial score (nSPS) is 18.2. The number of hydrogen-bond donors (Lipinski definition) is 1. The van der Waals surface area contributed by atoms with Gasteiger partial charge in [-0.3, -0.25) is 9.59 Å². The van der Waals surface area contributed by atoms with Gasteiger partial charge in [0.1, 0.15) is 0 Å². The third-order valence-corrected chi connectivity index (χ3v) is 5.08. The number of nitrogens with one attached hydrogen (secondary N) is 1. The minimum atomic E-state index is -0.175. The van der Waals surface area contributed by atoms with Crippen molar-refractivity contribution >= 4 is 23.4 Å². The van der Waals surface area contributed by atoms with Crippen molar-refractivity contribution < 1.29 is 9.59 Å². The predicted molar refractivity (Wildman–Crippen MR) is 103 cm³/mol. The van der Waals surface area contributed by atoms with Gasteiger partial charge in [0.05, 0.1) is 12.0 Å². The molecule has 136 valence electrons. The molecule has 2 aromatic carbocycles. The first-order valence-corrected chi connectivity index (χ1v) is 9.32. The van der Waals surface area contributed by atoms with Crippen molar-refractivity contribution in [1.82, 2.24) is 10.2 Å². The lowest BCUT2D eigenvalue weighted by Gasteiger charge is -2.32. The van der Waals surface area contributed by atoms with Gasteiger partial charge in [0.25, 0.3) is 5.91 Å². The second kappa shape index (κ2) is 8.37. The van der Waals surface area contributed by atoms with Crippen molar-refractivity contribution in [2.45, 2.75) is 25.8 Å². The fourth-order valence-electron chi connectivity index (χ4n) is 3.31. The Labute approximate surface area is 159 Å². The van der Waals surface area contributed by atoms with Gasteiger partial charge in [-0.1, -0.05) is 41.9 Å².